The van der Waals surface area contributed by atoms with Crippen molar-refractivity contribution in [2.45, 2.75) is 19.8 Å². The van der Waals surface area contributed by atoms with Crippen LogP contribution in [-0.4, -0.2) is 18.3 Å². The van der Waals surface area contributed by atoms with E-state index in [9.17, 15) is 9.59 Å². The smallest absolute Gasteiger partial charge is 0.231 e. The van der Waals surface area contributed by atoms with Gasteiger partial charge in [0.2, 0.25) is 5.91 Å². The third-order valence-corrected chi connectivity index (χ3v) is 4.51. The summed E-state index contributed by atoms with van der Waals surface area (Å²) in [4.78, 5) is 25.3. The zero-order valence-corrected chi connectivity index (χ0v) is 16.0. The fraction of sp³-hybridized carbons (Fsp3) is 0.167. The van der Waals surface area contributed by atoms with Crippen LogP contribution in [0, 0.1) is 0 Å². The highest BCUT2D eigenvalue weighted by molar-refractivity contribution is 6.09. The maximum absolute atomic E-state index is 12.7. The Balaban J connectivity index is 1.72. The van der Waals surface area contributed by atoms with Crippen molar-refractivity contribution in [2.24, 2.45) is 0 Å². The van der Waals surface area contributed by atoms with Crippen LogP contribution in [0.3, 0.4) is 0 Å². The van der Waals surface area contributed by atoms with E-state index in [4.69, 9.17) is 4.74 Å². The number of ketones is 1. The molecule has 0 aliphatic carbocycles. The molecule has 0 fully saturated rings. The first kappa shape index (κ1) is 19.4. The molecule has 0 radical (unpaired) electrons. The Kier molecular flexibility index (Phi) is 6.22. The molecule has 4 heteroatoms. The first-order valence-electron chi connectivity index (χ1n) is 9.32. The van der Waals surface area contributed by atoms with Gasteiger partial charge in [0.25, 0.3) is 0 Å². The minimum Gasteiger partial charge on any atom is -0.494 e. The Morgan fingerprint density at radius 1 is 0.893 bits per heavy atom. The molecular formula is C24H23NO3. The number of amides is 1. The average molecular weight is 373 g/mol. The second kappa shape index (κ2) is 9.00. The predicted molar refractivity (Wildman–Crippen MR) is 111 cm³/mol. The third kappa shape index (κ3) is 4.65. The van der Waals surface area contributed by atoms with E-state index in [1.54, 1.807) is 24.3 Å². The van der Waals surface area contributed by atoms with E-state index in [1.165, 1.54) is 0 Å². The van der Waals surface area contributed by atoms with Crippen molar-refractivity contribution < 1.29 is 14.3 Å². The summed E-state index contributed by atoms with van der Waals surface area (Å²) in [7, 11) is 0. The lowest BCUT2D eigenvalue weighted by atomic mass is 9.95. The normalized spacial score (nSPS) is 11.5. The number of anilines is 1. The van der Waals surface area contributed by atoms with Crippen molar-refractivity contribution in [3.63, 3.8) is 0 Å². The van der Waals surface area contributed by atoms with Gasteiger partial charge < -0.3 is 10.1 Å². The summed E-state index contributed by atoms with van der Waals surface area (Å²) in [5.41, 5.74) is 2.71. The number of ether oxygens (including phenoxy) is 1. The second-order valence-corrected chi connectivity index (χ2v) is 6.49. The van der Waals surface area contributed by atoms with Crippen molar-refractivity contribution in [1.29, 1.82) is 0 Å². The Morgan fingerprint density at radius 2 is 1.57 bits per heavy atom. The Bertz CT molecular complexity index is 949. The lowest BCUT2D eigenvalue weighted by Crippen LogP contribution is -2.19. The number of hydrogen-bond donors (Lipinski definition) is 1. The van der Waals surface area contributed by atoms with Gasteiger partial charge in [-0.25, -0.2) is 0 Å². The summed E-state index contributed by atoms with van der Waals surface area (Å²) in [6, 6.07) is 23.6. The van der Waals surface area contributed by atoms with Gasteiger partial charge in [0.15, 0.2) is 5.78 Å². The minimum atomic E-state index is -0.393. The first-order chi connectivity index (χ1) is 13.6. The van der Waals surface area contributed by atoms with Crippen LogP contribution in [0.5, 0.6) is 5.75 Å². The fourth-order valence-electron chi connectivity index (χ4n) is 2.91. The molecule has 1 atom stereocenters. The lowest BCUT2D eigenvalue weighted by Gasteiger charge is -2.14. The van der Waals surface area contributed by atoms with E-state index in [1.807, 2.05) is 68.4 Å². The number of benzene rings is 3. The number of rotatable bonds is 7. The summed E-state index contributed by atoms with van der Waals surface area (Å²) >= 11 is 0. The summed E-state index contributed by atoms with van der Waals surface area (Å²) < 4.78 is 5.41. The largest absolute Gasteiger partial charge is 0.494 e. The topological polar surface area (TPSA) is 55.4 Å². The molecule has 0 bridgehead atoms. The molecule has 3 rings (SSSR count). The Morgan fingerprint density at radius 3 is 2.25 bits per heavy atom. The minimum absolute atomic E-state index is 0.0541. The van der Waals surface area contributed by atoms with Gasteiger partial charge in [-0.2, -0.15) is 0 Å². The zero-order valence-electron chi connectivity index (χ0n) is 16.0. The second-order valence-electron chi connectivity index (χ2n) is 6.49. The van der Waals surface area contributed by atoms with E-state index >= 15 is 0 Å². The van der Waals surface area contributed by atoms with Crippen LogP contribution in [-0.2, 0) is 4.79 Å². The lowest BCUT2D eigenvalue weighted by molar-refractivity contribution is -0.117. The monoisotopic (exact) mass is 373 g/mol. The fourth-order valence-corrected chi connectivity index (χ4v) is 2.91. The number of nitrogens with one attached hydrogen (secondary N) is 1. The zero-order chi connectivity index (χ0) is 19.9. The molecule has 0 aliphatic rings. The van der Waals surface area contributed by atoms with Crippen molar-refractivity contribution in [2.75, 3.05) is 11.9 Å². The molecule has 3 aromatic rings. The van der Waals surface area contributed by atoms with Crippen molar-refractivity contribution in [3.05, 3.63) is 95.6 Å². The molecule has 142 valence electrons. The molecule has 1 N–H and O–H groups in total. The van der Waals surface area contributed by atoms with Gasteiger partial charge in [0.05, 0.1) is 12.5 Å². The Hall–Kier alpha value is -3.40. The Labute approximate surface area is 165 Å². The standard InChI is InChI=1S/C24H23NO3/c1-3-28-22-14-12-21(13-15-22)25-24(27)17(2)19-10-7-11-20(16-19)23(26)18-8-5-4-6-9-18/h4-17H,3H2,1-2H3,(H,25,27)/t17-/m0/s1. The van der Waals surface area contributed by atoms with E-state index in [-0.39, 0.29) is 11.7 Å². The molecule has 0 spiro atoms. The van der Waals surface area contributed by atoms with Gasteiger partial charge in [-0.15, -0.1) is 0 Å². The van der Waals surface area contributed by atoms with Crippen molar-refractivity contribution in [1.82, 2.24) is 0 Å². The van der Waals surface area contributed by atoms with Gasteiger partial charge >= 0.3 is 0 Å². The maximum atomic E-state index is 12.7. The molecule has 0 aliphatic heterocycles. The van der Waals surface area contributed by atoms with Gasteiger partial charge in [0, 0.05) is 16.8 Å². The van der Waals surface area contributed by atoms with Crippen LogP contribution in [0.15, 0.2) is 78.9 Å². The molecule has 1 amide bonds. The highest BCUT2D eigenvalue weighted by atomic mass is 16.5. The van der Waals surface area contributed by atoms with Gasteiger partial charge in [0.1, 0.15) is 5.75 Å². The SMILES string of the molecule is CCOc1ccc(NC(=O)[C@@H](C)c2cccc(C(=O)c3ccccc3)c2)cc1. The van der Waals surface area contributed by atoms with E-state index in [2.05, 4.69) is 5.32 Å². The van der Waals surface area contributed by atoms with Crippen LogP contribution in [0.25, 0.3) is 0 Å². The van der Waals surface area contributed by atoms with Crippen LogP contribution in [0.2, 0.25) is 0 Å². The van der Waals surface area contributed by atoms with Gasteiger partial charge in [-0.05, 0) is 49.7 Å². The number of carbonyl (C=O) groups is 2. The third-order valence-electron chi connectivity index (χ3n) is 4.51. The molecule has 0 unspecified atom stereocenters. The molecule has 0 aromatic heterocycles. The van der Waals surface area contributed by atoms with Crippen LogP contribution >= 0.6 is 0 Å². The van der Waals surface area contributed by atoms with Crippen molar-refractivity contribution in [3.8, 4) is 5.75 Å². The molecular weight excluding hydrogens is 350 g/mol. The van der Waals surface area contributed by atoms with Crippen LogP contribution < -0.4 is 10.1 Å². The quantitative estimate of drug-likeness (QED) is 0.589. The van der Waals surface area contributed by atoms with E-state index in [0.29, 0.717) is 23.4 Å². The van der Waals surface area contributed by atoms with Crippen LogP contribution in [0.1, 0.15) is 41.3 Å². The van der Waals surface area contributed by atoms with Gasteiger partial charge in [-0.1, -0.05) is 48.5 Å². The summed E-state index contributed by atoms with van der Waals surface area (Å²) in [6.07, 6.45) is 0. The van der Waals surface area contributed by atoms with E-state index < -0.39 is 5.92 Å². The highest BCUT2D eigenvalue weighted by Gasteiger charge is 2.17. The van der Waals surface area contributed by atoms with Crippen molar-refractivity contribution >= 4 is 17.4 Å². The summed E-state index contributed by atoms with van der Waals surface area (Å²) in [6.45, 7) is 4.35. The van der Waals surface area contributed by atoms with Crippen LogP contribution in [0.4, 0.5) is 5.69 Å². The predicted octanol–water partition coefficient (Wildman–Crippen LogP) is 5.06. The molecule has 0 saturated carbocycles. The average Bonchev–Trinajstić information content (AvgIpc) is 2.75. The number of carbonyl (C=O) groups excluding carboxylic acids is 2. The molecule has 0 saturated heterocycles. The highest BCUT2D eigenvalue weighted by Crippen LogP contribution is 2.22. The maximum Gasteiger partial charge on any atom is 0.231 e. The molecule has 4 nitrogen and oxygen atoms in total. The summed E-state index contributed by atoms with van der Waals surface area (Å²) in [5, 5.41) is 2.91. The number of hydrogen-bond acceptors (Lipinski definition) is 3. The first-order valence-corrected chi connectivity index (χ1v) is 9.32. The molecule has 3 aromatic carbocycles. The van der Waals surface area contributed by atoms with Gasteiger partial charge in [-0.3, -0.25) is 9.59 Å². The molecule has 28 heavy (non-hydrogen) atoms. The van der Waals surface area contributed by atoms with E-state index in [0.717, 1.165) is 11.3 Å². The summed E-state index contributed by atoms with van der Waals surface area (Å²) in [5.74, 6) is 0.186. The molecule has 0 heterocycles.